The Hall–Kier alpha value is -3.23. The van der Waals surface area contributed by atoms with Gasteiger partial charge in [0.2, 0.25) is 0 Å². The predicted molar refractivity (Wildman–Crippen MR) is 112 cm³/mol. The molecule has 0 bridgehead atoms. The summed E-state index contributed by atoms with van der Waals surface area (Å²) in [4.78, 5) is 10.2. The van der Waals surface area contributed by atoms with Crippen LogP contribution in [-0.2, 0) is 0 Å². The van der Waals surface area contributed by atoms with Crippen molar-refractivity contribution in [2.45, 2.75) is 20.8 Å². The van der Waals surface area contributed by atoms with E-state index < -0.39 is 0 Å². The summed E-state index contributed by atoms with van der Waals surface area (Å²) in [5.41, 5.74) is 4.68. The molecule has 0 radical (unpaired) electrons. The van der Waals surface area contributed by atoms with E-state index in [0.29, 0.717) is 5.56 Å². The van der Waals surface area contributed by atoms with Crippen LogP contribution in [0.4, 0.5) is 5.82 Å². The molecule has 0 spiro atoms. The van der Waals surface area contributed by atoms with Crippen molar-refractivity contribution in [1.29, 1.82) is 5.26 Å². The summed E-state index contributed by atoms with van der Waals surface area (Å²) in [6.45, 7) is 6.11. The number of nitrogens with one attached hydrogen (secondary N) is 1. The highest BCUT2D eigenvalue weighted by Gasteiger charge is 2.09. The van der Waals surface area contributed by atoms with E-state index in [1.165, 1.54) is 5.57 Å². The lowest BCUT2D eigenvalue weighted by atomic mass is 10.1. The van der Waals surface area contributed by atoms with Crippen LogP contribution in [0.2, 0.25) is 0 Å². The molecule has 0 aliphatic carbocycles. The van der Waals surface area contributed by atoms with Gasteiger partial charge >= 0.3 is 0 Å². The second-order valence-electron chi connectivity index (χ2n) is 6.12. The van der Waals surface area contributed by atoms with Gasteiger partial charge in [-0.05, 0) is 51.1 Å². The van der Waals surface area contributed by atoms with Gasteiger partial charge in [-0.25, -0.2) is 9.97 Å². The van der Waals surface area contributed by atoms with Crippen molar-refractivity contribution in [1.82, 2.24) is 9.97 Å². The van der Waals surface area contributed by atoms with Gasteiger partial charge in [0.1, 0.15) is 10.8 Å². The zero-order chi connectivity index (χ0) is 19.2. The Morgan fingerprint density at radius 2 is 2.00 bits per heavy atom. The second-order valence-corrected chi connectivity index (χ2v) is 7.15. The first-order valence-corrected chi connectivity index (χ1v) is 9.42. The number of nitriles is 1. The summed E-state index contributed by atoms with van der Waals surface area (Å²) in [6.07, 6.45) is 5.98. The van der Waals surface area contributed by atoms with Crippen LogP contribution in [0.3, 0.4) is 0 Å². The zero-order valence-corrected chi connectivity index (χ0v) is 16.3. The topological polar surface area (TPSA) is 61.6 Å². The minimum atomic E-state index is 0.632. The van der Waals surface area contributed by atoms with Crippen molar-refractivity contribution in [2.75, 3.05) is 5.32 Å². The first-order valence-electron chi connectivity index (χ1n) is 8.61. The van der Waals surface area contributed by atoms with E-state index in [1.54, 1.807) is 17.4 Å². The maximum atomic E-state index is 9.07. The van der Waals surface area contributed by atoms with Crippen molar-refractivity contribution < 1.29 is 0 Å². The molecule has 3 rings (SSSR count). The fourth-order valence-electron chi connectivity index (χ4n) is 2.55. The maximum absolute atomic E-state index is 9.07. The van der Waals surface area contributed by atoms with E-state index in [1.807, 2.05) is 56.4 Å². The maximum Gasteiger partial charge on any atom is 0.130 e. The smallest absolute Gasteiger partial charge is 0.130 e. The summed E-state index contributed by atoms with van der Waals surface area (Å²) in [5, 5.41) is 13.3. The fourth-order valence-corrected chi connectivity index (χ4v) is 3.43. The molecule has 0 unspecified atom stereocenters. The van der Waals surface area contributed by atoms with Gasteiger partial charge in [-0.15, -0.1) is 11.3 Å². The number of pyridine rings is 1. The van der Waals surface area contributed by atoms with Gasteiger partial charge in [0.05, 0.1) is 22.2 Å². The highest BCUT2D eigenvalue weighted by molar-refractivity contribution is 7.18. The molecule has 0 atom stereocenters. The van der Waals surface area contributed by atoms with Crippen molar-refractivity contribution in [3.63, 3.8) is 0 Å². The first-order chi connectivity index (χ1) is 13.1. The third-order valence-electron chi connectivity index (χ3n) is 3.97. The Balaban J connectivity index is 1.85. The summed E-state index contributed by atoms with van der Waals surface area (Å²) in [5.74, 6) is 0.798. The lowest BCUT2D eigenvalue weighted by Gasteiger charge is -2.07. The second kappa shape index (κ2) is 8.43. The monoisotopic (exact) mass is 372 g/mol. The summed E-state index contributed by atoms with van der Waals surface area (Å²) < 4.78 is 0. The fraction of sp³-hybridized carbons (Fsp3) is 0.136. The molecular weight excluding hydrogens is 352 g/mol. The number of benzene rings is 1. The molecule has 1 aromatic carbocycles. The number of hydrogen-bond donors (Lipinski definition) is 1. The number of aromatic nitrogens is 2. The summed E-state index contributed by atoms with van der Waals surface area (Å²) >= 11 is 1.57. The van der Waals surface area contributed by atoms with E-state index >= 15 is 0 Å². The number of rotatable bonds is 5. The summed E-state index contributed by atoms with van der Waals surface area (Å²) in [6, 6.07) is 15.6. The van der Waals surface area contributed by atoms with Gasteiger partial charge in [-0.2, -0.15) is 5.26 Å². The molecule has 5 heteroatoms. The van der Waals surface area contributed by atoms with Crippen LogP contribution in [0.15, 0.2) is 72.1 Å². The van der Waals surface area contributed by atoms with Crippen LogP contribution in [0.25, 0.3) is 21.1 Å². The van der Waals surface area contributed by atoms with Gasteiger partial charge < -0.3 is 5.32 Å². The molecule has 1 N–H and O–H groups in total. The van der Waals surface area contributed by atoms with E-state index in [9.17, 15) is 0 Å². The average Bonchev–Trinajstić information content (AvgIpc) is 3.18. The summed E-state index contributed by atoms with van der Waals surface area (Å²) in [7, 11) is 0. The molecule has 0 fully saturated rings. The molecule has 2 aromatic heterocycles. The molecule has 2 heterocycles. The number of thiazole rings is 1. The van der Waals surface area contributed by atoms with Gasteiger partial charge in [0.25, 0.3) is 0 Å². The van der Waals surface area contributed by atoms with Crippen LogP contribution >= 0.6 is 11.3 Å². The van der Waals surface area contributed by atoms with Crippen molar-refractivity contribution in [3.8, 4) is 27.2 Å². The van der Waals surface area contributed by atoms with Gasteiger partial charge in [-0.1, -0.05) is 29.8 Å². The Kier molecular flexibility index (Phi) is 5.80. The lowest BCUT2D eigenvalue weighted by Crippen LogP contribution is -1.98. The van der Waals surface area contributed by atoms with Gasteiger partial charge in [0, 0.05) is 17.5 Å². The Labute approximate surface area is 163 Å². The Morgan fingerprint density at radius 3 is 2.78 bits per heavy atom. The third kappa shape index (κ3) is 4.69. The largest absolute Gasteiger partial charge is 0.344 e. The van der Waals surface area contributed by atoms with Crippen LogP contribution < -0.4 is 5.32 Å². The van der Waals surface area contributed by atoms with Crippen molar-refractivity contribution >= 4 is 17.2 Å². The quantitative estimate of drug-likeness (QED) is 0.556. The van der Waals surface area contributed by atoms with Crippen molar-refractivity contribution in [2.24, 2.45) is 0 Å². The first kappa shape index (κ1) is 18.6. The molecular formula is C22H20N4S. The van der Waals surface area contributed by atoms with E-state index in [-0.39, 0.29) is 0 Å². The number of hydrogen-bond acceptors (Lipinski definition) is 5. The minimum Gasteiger partial charge on any atom is -0.344 e. The highest BCUT2D eigenvalue weighted by atomic mass is 32.1. The van der Waals surface area contributed by atoms with Crippen LogP contribution in [0, 0.1) is 11.3 Å². The van der Waals surface area contributed by atoms with Gasteiger partial charge in [0.15, 0.2) is 0 Å². The number of nitrogens with zero attached hydrogens (tertiary/aromatic N) is 3. The number of anilines is 1. The number of allylic oxidation sites excluding steroid dienone is 4. The lowest BCUT2D eigenvalue weighted by molar-refractivity contribution is 1.25. The Morgan fingerprint density at radius 1 is 1.19 bits per heavy atom. The Bertz CT molecular complexity index is 1050. The van der Waals surface area contributed by atoms with E-state index in [0.717, 1.165) is 32.7 Å². The standard InChI is InChI=1S/C22H20N4S/c1-4-15(2)11-16(3)25-21-10-6-9-19(26-21)20-14-24-22(27-20)18-8-5-7-17(12-18)13-23/h4-12,14H,1-3H3,(H,25,26)/b15-4-,16-11+. The molecule has 0 amide bonds. The van der Waals surface area contributed by atoms with Crippen LogP contribution in [0.1, 0.15) is 26.3 Å². The average molecular weight is 372 g/mol. The molecule has 0 saturated heterocycles. The zero-order valence-electron chi connectivity index (χ0n) is 15.5. The minimum absolute atomic E-state index is 0.632. The molecule has 4 nitrogen and oxygen atoms in total. The normalized spacial score (nSPS) is 11.9. The van der Waals surface area contributed by atoms with Crippen molar-refractivity contribution in [3.05, 3.63) is 77.6 Å². The van der Waals surface area contributed by atoms with Crippen LogP contribution in [0.5, 0.6) is 0 Å². The van der Waals surface area contributed by atoms with E-state index in [4.69, 9.17) is 10.2 Å². The van der Waals surface area contributed by atoms with Crippen LogP contribution in [-0.4, -0.2) is 9.97 Å². The highest BCUT2D eigenvalue weighted by Crippen LogP contribution is 2.32. The van der Waals surface area contributed by atoms with E-state index in [2.05, 4.69) is 35.4 Å². The molecule has 0 aliphatic heterocycles. The molecule has 3 aromatic rings. The third-order valence-corrected chi connectivity index (χ3v) is 5.04. The van der Waals surface area contributed by atoms with Gasteiger partial charge in [-0.3, -0.25) is 0 Å². The molecule has 27 heavy (non-hydrogen) atoms. The SMILES string of the molecule is C/C=C(C)\C=C(/C)Nc1cccc(-c2cnc(-c3cccc(C#N)c3)s2)n1. The molecule has 0 saturated carbocycles. The molecule has 0 aliphatic rings. The molecule has 134 valence electrons. The predicted octanol–water partition coefficient (Wildman–Crippen LogP) is 6.03.